The maximum atomic E-state index is 2.39. The van der Waals surface area contributed by atoms with Crippen molar-refractivity contribution in [1.29, 1.82) is 0 Å². The zero-order valence-corrected chi connectivity index (χ0v) is 7.52. The summed E-state index contributed by atoms with van der Waals surface area (Å²) in [5.74, 6) is 1.58. The van der Waals surface area contributed by atoms with E-state index in [2.05, 4.69) is 39.8 Å². The SMILES string of the molecule is CC1C=CC(C)(C(C)C)C1. The number of rotatable bonds is 1. The van der Waals surface area contributed by atoms with E-state index in [0.717, 1.165) is 11.8 Å². The standard InChI is InChI=1S/C10H18/c1-8(2)10(4)6-5-9(3)7-10/h5-6,8-9H,7H2,1-4H3. The first-order valence-corrected chi connectivity index (χ1v) is 4.24. The molecule has 2 atom stereocenters. The molecule has 1 rings (SSSR count). The Bertz CT molecular complexity index is 144. The molecule has 2 unspecified atom stereocenters. The van der Waals surface area contributed by atoms with E-state index in [1.807, 2.05) is 0 Å². The van der Waals surface area contributed by atoms with Crippen LogP contribution in [0.4, 0.5) is 0 Å². The van der Waals surface area contributed by atoms with Crippen molar-refractivity contribution in [3.05, 3.63) is 12.2 Å². The molecule has 0 heteroatoms. The molecule has 0 heterocycles. The Balaban J connectivity index is 2.65. The van der Waals surface area contributed by atoms with Crippen molar-refractivity contribution in [1.82, 2.24) is 0 Å². The highest BCUT2D eigenvalue weighted by atomic mass is 14.3. The average Bonchev–Trinajstić information content (AvgIpc) is 2.13. The molecule has 0 saturated heterocycles. The van der Waals surface area contributed by atoms with Crippen LogP contribution in [0.15, 0.2) is 12.2 Å². The molecule has 0 nitrogen and oxygen atoms in total. The van der Waals surface area contributed by atoms with Crippen LogP contribution in [-0.4, -0.2) is 0 Å². The zero-order valence-electron chi connectivity index (χ0n) is 7.52. The first-order chi connectivity index (χ1) is 4.54. The number of allylic oxidation sites excluding steroid dienone is 2. The molecule has 0 spiro atoms. The van der Waals surface area contributed by atoms with E-state index in [9.17, 15) is 0 Å². The highest BCUT2D eigenvalue weighted by Gasteiger charge is 2.30. The van der Waals surface area contributed by atoms with Gasteiger partial charge in [0, 0.05) is 0 Å². The zero-order chi connectivity index (χ0) is 7.78. The van der Waals surface area contributed by atoms with Gasteiger partial charge in [0.15, 0.2) is 0 Å². The van der Waals surface area contributed by atoms with Gasteiger partial charge in [0.1, 0.15) is 0 Å². The van der Waals surface area contributed by atoms with Crippen LogP contribution in [0.5, 0.6) is 0 Å². The maximum absolute atomic E-state index is 2.39. The van der Waals surface area contributed by atoms with Crippen LogP contribution in [0.1, 0.15) is 34.1 Å². The van der Waals surface area contributed by atoms with E-state index in [-0.39, 0.29) is 0 Å². The van der Waals surface area contributed by atoms with E-state index < -0.39 is 0 Å². The topological polar surface area (TPSA) is 0 Å². The van der Waals surface area contributed by atoms with Crippen LogP contribution < -0.4 is 0 Å². The van der Waals surface area contributed by atoms with Crippen molar-refractivity contribution >= 4 is 0 Å². The van der Waals surface area contributed by atoms with Crippen molar-refractivity contribution in [3.63, 3.8) is 0 Å². The molecule has 0 aromatic rings. The maximum Gasteiger partial charge on any atom is -0.0118 e. The van der Waals surface area contributed by atoms with Crippen LogP contribution >= 0.6 is 0 Å². The lowest BCUT2D eigenvalue weighted by Crippen LogP contribution is -2.18. The second-order valence-electron chi connectivity index (χ2n) is 4.20. The summed E-state index contributed by atoms with van der Waals surface area (Å²) in [5, 5.41) is 0. The van der Waals surface area contributed by atoms with Crippen molar-refractivity contribution < 1.29 is 0 Å². The Labute approximate surface area is 64.3 Å². The smallest absolute Gasteiger partial charge is 0.0118 e. The molecule has 0 radical (unpaired) electrons. The van der Waals surface area contributed by atoms with Crippen LogP contribution in [-0.2, 0) is 0 Å². The summed E-state index contributed by atoms with van der Waals surface area (Å²) in [5.41, 5.74) is 0.486. The molecule has 10 heavy (non-hydrogen) atoms. The molecule has 1 aliphatic rings. The molecular weight excluding hydrogens is 120 g/mol. The minimum absolute atomic E-state index is 0.486. The van der Waals surface area contributed by atoms with Gasteiger partial charge in [-0.3, -0.25) is 0 Å². The normalized spacial score (nSPS) is 39.5. The largest absolute Gasteiger partial charge is 0.0851 e. The minimum atomic E-state index is 0.486. The van der Waals surface area contributed by atoms with Crippen molar-refractivity contribution in [2.45, 2.75) is 34.1 Å². The fourth-order valence-corrected chi connectivity index (χ4v) is 1.64. The Hall–Kier alpha value is -0.260. The van der Waals surface area contributed by atoms with Crippen molar-refractivity contribution in [2.24, 2.45) is 17.3 Å². The van der Waals surface area contributed by atoms with Gasteiger partial charge in [-0.25, -0.2) is 0 Å². The van der Waals surface area contributed by atoms with Gasteiger partial charge in [-0.1, -0.05) is 39.8 Å². The molecule has 58 valence electrons. The van der Waals surface area contributed by atoms with Gasteiger partial charge >= 0.3 is 0 Å². The van der Waals surface area contributed by atoms with Gasteiger partial charge in [0.05, 0.1) is 0 Å². The van der Waals surface area contributed by atoms with Crippen LogP contribution in [0.25, 0.3) is 0 Å². The third-order valence-electron chi connectivity index (χ3n) is 2.89. The minimum Gasteiger partial charge on any atom is -0.0851 e. The molecule has 0 aromatic carbocycles. The first kappa shape index (κ1) is 7.84. The van der Waals surface area contributed by atoms with E-state index in [0.29, 0.717) is 5.41 Å². The molecule has 0 amide bonds. The average molecular weight is 138 g/mol. The molecule has 0 bridgehead atoms. The molecule has 0 N–H and O–H groups in total. The lowest BCUT2D eigenvalue weighted by Gasteiger charge is -2.27. The first-order valence-electron chi connectivity index (χ1n) is 4.24. The van der Waals surface area contributed by atoms with Crippen molar-refractivity contribution in [3.8, 4) is 0 Å². The molecule has 0 aliphatic heterocycles. The van der Waals surface area contributed by atoms with Gasteiger partial charge in [0.25, 0.3) is 0 Å². The van der Waals surface area contributed by atoms with Gasteiger partial charge < -0.3 is 0 Å². The third kappa shape index (κ3) is 1.25. The second kappa shape index (κ2) is 2.41. The Morgan fingerprint density at radius 3 is 2.30 bits per heavy atom. The van der Waals surface area contributed by atoms with Crippen LogP contribution in [0.3, 0.4) is 0 Å². The summed E-state index contributed by atoms with van der Waals surface area (Å²) in [4.78, 5) is 0. The lowest BCUT2D eigenvalue weighted by molar-refractivity contribution is 0.273. The predicted octanol–water partition coefficient (Wildman–Crippen LogP) is 3.24. The summed E-state index contributed by atoms with van der Waals surface area (Å²) < 4.78 is 0. The van der Waals surface area contributed by atoms with Gasteiger partial charge in [0.2, 0.25) is 0 Å². The fraction of sp³-hybridized carbons (Fsp3) is 0.800. The highest BCUT2D eigenvalue weighted by Crippen LogP contribution is 2.40. The van der Waals surface area contributed by atoms with Crippen LogP contribution in [0, 0.1) is 17.3 Å². The molecule has 0 aromatic heterocycles. The summed E-state index contributed by atoms with van der Waals surface area (Å²) in [6, 6.07) is 0. The number of hydrogen-bond donors (Lipinski definition) is 0. The highest BCUT2D eigenvalue weighted by molar-refractivity contribution is 5.08. The second-order valence-corrected chi connectivity index (χ2v) is 4.20. The molecule has 1 aliphatic carbocycles. The molecule has 0 saturated carbocycles. The Kier molecular flexibility index (Phi) is 1.89. The van der Waals surface area contributed by atoms with E-state index in [1.165, 1.54) is 6.42 Å². The molecular formula is C10H18. The predicted molar refractivity (Wildman–Crippen MR) is 45.9 cm³/mol. The quantitative estimate of drug-likeness (QED) is 0.488. The summed E-state index contributed by atoms with van der Waals surface area (Å²) >= 11 is 0. The number of hydrogen-bond acceptors (Lipinski definition) is 0. The molecule has 0 fully saturated rings. The summed E-state index contributed by atoms with van der Waals surface area (Å²) in [7, 11) is 0. The van der Waals surface area contributed by atoms with E-state index in [4.69, 9.17) is 0 Å². The van der Waals surface area contributed by atoms with Gasteiger partial charge in [-0.2, -0.15) is 0 Å². The summed E-state index contributed by atoms with van der Waals surface area (Å²) in [6.45, 7) is 9.27. The van der Waals surface area contributed by atoms with E-state index >= 15 is 0 Å². The van der Waals surface area contributed by atoms with Gasteiger partial charge in [-0.05, 0) is 23.7 Å². The fourth-order valence-electron chi connectivity index (χ4n) is 1.64. The van der Waals surface area contributed by atoms with Gasteiger partial charge in [-0.15, -0.1) is 0 Å². The van der Waals surface area contributed by atoms with E-state index in [1.54, 1.807) is 0 Å². The Morgan fingerprint density at radius 1 is 1.50 bits per heavy atom. The monoisotopic (exact) mass is 138 g/mol. The lowest BCUT2D eigenvalue weighted by atomic mass is 9.78. The third-order valence-corrected chi connectivity index (χ3v) is 2.89. The van der Waals surface area contributed by atoms with Crippen molar-refractivity contribution in [2.75, 3.05) is 0 Å². The van der Waals surface area contributed by atoms with Crippen LogP contribution in [0.2, 0.25) is 0 Å². The Morgan fingerprint density at radius 2 is 2.10 bits per heavy atom. The summed E-state index contributed by atoms with van der Waals surface area (Å²) in [6.07, 6.45) is 6.08.